The van der Waals surface area contributed by atoms with E-state index in [2.05, 4.69) is 10.2 Å². The summed E-state index contributed by atoms with van der Waals surface area (Å²) in [5.41, 5.74) is -1.54. The van der Waals surface area contributed by atoms with E-state index in [0.29, 0.717) is 13.1 Å². The molecule has 3 rings (SSSR count). The van der Waals surface area contributed by atoms with Gasteiger partial charge in [0.1, 0.15) is 0 Å². The van der Waals surface area contributed by atoms with Crippen molar-refractivity contribution in [3.05, 3.63) is 35.5 Å². The van der Waals surface area contributed by atoms with E-state index in [1.165, 1.54) is 18.2 Å². The van der Waals surface area contributed by atoms with E-state index in [9.17, 15) is 23.1 Å². The van der Waals surface area contributed by atoms with Crippen molar-refractivity contribution in [3.63, 3.8) is 0 Å². The van der Waals surface area contributed by atoms with Crippen LogP contribution in [-0.4, -0.2) is 39.2 Å². The lowest BCUT2D eigenvalue weighted by atomic mass is 10.2. The van der Waals surface area contributed by atoms with Crippen molar-refractivity contribution in [3.8, 4) is 5.69 Å². The minimum Gasteiger partial charge on any atom is -0.476 e. The largest absolute Gasteiger partial charge is 0.476 e. The first-order valence-electron chi connectivity index (χ1n) is 8.00. The lowest BCUT2D eigenvalue weighted by Crippen LogP contribution is -2.26. The predicted octanol–water partition coefficient (Wildman–Crippen LogP) is 3.36. The molecule has 0 amide bonds. The van der Waals surface area contributed by atoms with Crippen molar-refractivity contribution >= 4 is 11.8 Å². The molecule has 0 aliphatic carbocycles. The zero-order chi connectivity index (χ0) is 18.0. The van der Waals surface area contributed by atoms with Crippen molar-refractivity contribution in [2.75, 3.05) is 18.0 Å². The fraction of sp³-hybridized carbons (Fsp3) is 0.438. The molecule has 0 spiro atoms. The fourth-order valence-corrected chi connectivity index (χ4v) is 2.93. The van der Waals surface area contributed by atoms with Gasteiger partial charge < -0.3 is 10.0 Å². The molecule has 9 heteroatoms. The average molecular weight is 354 g/mol. The lowest BCUT2D eigenvalue weighted by molar-refractivity contribution is -0.137. The number of nitrogens with zero attached hydrogens (tertiary/aromatic N) is 4. The molecule has 6 nitrogen and oxygen atoms in total. The summed E-state index contributed by atoms with van der Waals surface area (Å²) in [7, 11) is 0. The van der Waals surface area contributed by atoms with Gasteiger partial charge >= 0.3 is 12.1 Å². The van der Waals surface area contributed by atoms with Crippen molar-refractivity contribution < 1.29 is 23.1 Å². The number of rotatable bonds is 3. The van der Waals surface area contributed by atoms with Crippen LogP contribution in [0.25, 0.3) is 5.69 Å². The van der Waals surface area contributed by atoms with Crippen LogP contribution in [0.4, 0.5) is 19.0 Å². The highest BCUT2D eigenvalue weighted by atomic mass is 19.4. The number of carboxylic acids is 1. The third-order valence-corrected chi connectivity index (χ3v) is 4.13. The summed E-state index contributed by atoms with van der Waals surface area (Å²) in [6, 6.07) is 4.84. The molecule has 2 aromatic rings. The summed E-state index contributed by atoms with van der Waals surface area (Å²) in [5, 5.41) is 17.3. The molecule has 1 aliphatic heterocycles. The van der Waals surface area contributed by atoms with Crippen LogP contribution in [0.15, 0.2) is 24.3 Å². The Morgan fingerprint density at radius 2 is 1.68 bits per heavy atom. The van der Waals surface area contributed by atoms with Gasteiger partial charge in [0.05, 0.1) is 11.3 Å². The zero-order valence-electron chi connectivity index (χ0n) is 13.3. The second-order valence-electron chi connectivity index (χ2n) is 5.88. The smallest absolute Gasteiger partial charge is 0.418 e. The second-order valence-corrected chi connectivity index (χ2v) is 5.88. The fourth-order valence-electron chi connectivity index (χ4n) is 2.93. The number of aromatic carboxylic acids is 1. The number of hydrogen-bond donors (Lipinski definition) is 1. The van der Waals surface area contributed by atoms with Crippen LogP contribution in [0.3, 0.4) is 0 Å². The summed E-state index contributed by atoms with van der Waals surface area (Å²) >= 11 is 0. The third kappa shape index (κ3) is 3.59. The van der Waals surface area contributed by atoms with Gasteiger partial charge in [-0.25, -0.2) is 4.79 Å². The van der Waals surface area contributed by atoms with E-state index in [4.69, 9.17) is 0 Å². The number of hydrogen-bond acceptors (Lipinski definition) is 4. The Balaban J connectivity index is 2.07. The van der Waals surface area contributed by atoms with Crippen LogP contribution >= 0.6 is 0 Å². The quantitative estimate of drug-likeness (QED) is 0.915. The normalized spacial score (nSPS) is 15.9. The van der Waals surface area contributed by atoms with Gasteiger partial charge in [-0.1, -0.05) is 25.0 Å². The van der Waals surface area contributed by atoms with E-state index < -0.39 is 17.7 Å². The number of alkyl halides is 3. The van der Waals surface area contributed by atoms with Gasteiger partial charge in [-0.05, 0) is 25.0 Å². The molecular weight excluding hydrogens is 337 g/mol. The van der Waals surface area contributed by atoms with E-state index in [1.54, 1.807) is 4.90 Å². The lowest BCUT2D eigenvalue weighted by Gasteiger charge is -2.19. The highest BCUT2D eigenvalue weighted by molar-refractivity contribution is 5.91. The van der Waals surface area contributed by atoms with Gasteiger partial charge in [0.2, 0.25) is 5.69 Å². The van der Waals surface area contributed by atoms with Crippen LogP contribution in [0, 0.1) is 0 Å². The van der Waals surface area contributed by atoms with Gasteiger partial charge in [-0.15, -0.1) is 15.0 Å². The van der Waals surface area contributed by atoms with Gasteiger partial charge in [0.25, 0.3) is 0 Å². The molecule has 1 aromatic carbocycles. The second kappa shape index (κ2) is 6.73. The van der Waals surface area contributed by atoms with Crippen molar-refractivity contribution in [2.24, 2.45) is 0 Å². The first-order chi connectivity index (χ1) is 11.9. The number of benzene rings is 1. The molecule has 0 radical (unpaired) electrons. The van der Waals surface area contributed by atoms with Crippen molar-refractivity contribution in [1.29, 1.82) is 0 Å². The number of halogens is 3. The SMILES string of the molecule is O=C(O)c1nn(-c2ccccc2C(F)(F)F)nc1N1CCCCCC1. The molecule has 1 N–H and O–H groups in total. The van der Waals surface area contributed by atoms with Gasteiger partial charge in [-0.3, -0.25) is 0 Å². The number of para-hydroxylation sites is 1. The summed E-state index contributed by atoms with van der Waals surface area (Å²) in [6.45, 7) is 1.22. The molecule has 0 atom stereocenters. The maximum absolute atomic E-state index is 13.2. The Kier molecular flexibility index (Phi) is 4.65. The standard InChI is InChI=1S/C16H17F3N4O2/c17-16(18,19)11-7-3-4-8-12(11)23-20-13(15(24)25)14(21-23)22-9-5-1-2-6-10-22/h3-4,7-8H,1-2,5-6,9-10H2,(H,24,25). The van der Waals surface area contributed by atoms with Crippen LogP contribution in [0.2, 0.25) is 0 Å². The third-order valence-electron chi connectivity index (χ3n) is 4.13. The molecule has 25 heavy (non-hydrogen) atoms. The highest BCUT2D eigenvalue weighted by Gasteiger charge is 2.35. The highest BCUT2D eigenvalue weighted by Crippen LogP contribution is 2.33. The zero-order valence-corrected chi connectivity index (χ0v) is 13.3. The molecular formula is C16H17F3N4O2. The minimum atomic E-state index is -4.59. The van der Waals surface area contributed by atoms with Crippen molar-refractivity contribution in [1.82, 2.24) is 15.0 Å². The van der Waals surface area contributed by atoms with Gasteiger partial charge in [-0.2, -0.15) is 13.2 Å². The molecule has 1 aromatic heterocycles. The Bertz CT molecular complexity index is 765. The predicted molar refractivity (Wildman–Crippen MR) is 84.0 cm³/mol. The van der Waals surface area contributed by atoms with Gasteiger partial charge in [0, 0.05) is 13.1 Å². The van der Waals surface area contributed by atoms with E-state index in [-0.39, 0.29) is 17.2 Å². The first kappa shape index (κ1) is 17.2. The first-order valence-corrected chi connectivity index (χ1v) is 8.00. The average Bonchev–Trinajstić information content (AvgIpc) is 2.83. The maximum Gasteiger partial charge on any atom is 0.418 e. The topological polar surface area (TPSA) is 71.2 Å². The molecule has 1 saturated heterocycles. The Morgan fingerprint density at radius 3 is 2.28 bits per heavy atom. The number of aromatic nitrogens is 3. The summed E-state index contributed by atoms with van der Waals surface area (Å²) in [6.07, 6.45) is -0.764. The van der Waals surface area contributed by atoms with Crippen LogP contribution in [0.5, 0.6) is 0 Å². The van der Waals surface area contributed by atoms with Gasteiger partial charge in [0.15, 0.2) is 5.82 Å². The van der Waals surface area contributed by atoms with E-state index >= 15 is 0 Å². The van der Waals surface area contributed by atoms with Crippen LogP contribution in [0.1, 0.15) is 41.7 Å². The minimum absolute atomic E-state index is 0.117. The number of carbonyl (C=O) groups is 1. The maximum atomic E-state index is 13.2. The van der Waals surface area contributed by atoms with E-state index in [1.807, 2.05) is 0 Å². The summed E-state index contributed by atoms with van der Waals surface area (Å²) in [4.78, 5) is 14.1. The monoisotopic (exact) mass is 354 g/mol. The molecule has 134 valence electrons. The van der Waals surface area contributed by atoms with E-state index in [0.717, 1.165) is 36.5 Å². The van der Waals surface area contributed by atoms with Crippen LogP contribution in [-0.2, 0) is 6.18 Å². The molecule has 0 unspecified atom stereocenters. The number of carboxylic acid groups (broad SMARTS) is 1. The number of anilines is 1. The summed E-state index contributed by atoms with van der Waals surface area (Å²) in [5.74, 6) is -1.19. The molecule has 1 aliphatic rings. The molecule has 0 saturated carbocycles. The Hall–Kier alpha value is -2.58. The Morgan fingerprint density at radius 1 is 1.04 bits per heavy atom. The van der Waals surface area contributed by atoms with Crippen LogP contribution < -0.4 is 4.90 Å². The molecule has 1 fully saturated rings. The molecule has 0 bridgehead atoms. The summed E-state index contributed by atoms with van der Waals surface area (Å²) < 4.78 is 39.6. The molecule has 2 heterocycles. The van der Waals surface area contributed by atoms with Crippen molar-refractivity contribution in [2.45, 2.75) is 31.9 Å². The Labute approximate surface area is 141 Å².